The predicted molar refractivity (Wildman–Crippen MR) is 50.8 cm³/mol. The van der Waals surface area contributed by atoms with Gasteiger partial charge in [-0.25, -0.2) is 0 Å². The fourth-order valence-electron chi connectivity index (χ4n) is 1.19. The molecule has 1 aromatic heterocycles. The highest BCUT2D eigenvalue weighted by atomic mass is 16.6. The van der Waals surface area contributed by atoms with Gasteiger partial charge in [-0.1, -0.05) is 0 Å². The molecule has 0 fully saturated rings. The molecular formula is C7H10N4O4. The summed E-state index contributed by atoms with van der Waals surface area (Å²) in [6, 6.07) is 0. The molecule has 0 aliphatic heterocycles. The summed E-state index contributed by atoms with van der Waals surface area (Å²) >= 11 is 0. The molecule has 0 aliphatic carbocycles. The van der Waals surface area contributed by atoms with E-state index in [1.807, 2.05) is 0 Å². The van der Waals surface area contributed by atoms with Crippen LogP contribution < -0.4 is 4.90 Å². The molecule has 0 radical (unpaired) electrons. The van der Waals surface area contributed by atoms with Gasteiger partial charge in [0.1, 0.15) is 12.7 Å². The van der Waals surface area contributed by atoms with Crippen LogP contribution in [0.4, 0.5) is 11.8 Å². The minimum atomic E-state index is -1.02. The molecule has 15 heavy (non-hydrogen) atoms. The van der Waals surface area contributed by atoms with E-state index in [0.717, 1.165) is 6.20 Å². The van der Waals surface area contributed by atoms with Crippen molar-refractivity contribution >= 4 is 17.7 Å². The third-order valence-corrected chi connectivity index (χ3v) is 1.84. The molecule has 1 N–H and O–H groups in total. The molecule has 0 spiro atoms. The molecule has 0 saturated heterocycles. The second-order valence-electron chi connectivity index (χ2n) is 2.98. The predicted octanol–water partition coefficient (Wildman–Crippen LogP) is -0.151. The number of anilines is 1. The van der Waals surface area contributed by atoms with Gasteiger partial charge < -0.3 is 20.1 Å². The van der Waals surface area contributed by atoms with Crippen molar-refractivity contribution in [3.05, 3.63) is 16.3 Å². The standard InChI is InChI=1S/C7H10N4O4/c1-9(4-6(12)13)7-8-3-5(10(7)2)11(14)15/h3H,4H2,1-2H3,(H,12,13). The molecule has 0 amide bonds. The maximum atomic E-state index is 10.5. The smallest absolute Gasteiger partial charge is 0.344 e. The van der Waals surface area contributed by atoms with Crippen LogP contribution in [0.1, 0.15) is 0 Å². The van der Waals surface area contributed by atoms with Crippen molar-refractivity contribution in [2.75, 3.05) is 18.5 Å². The zero-order valence-electron chi connectivity index (χ0n) is 8.25. The number of nitro groups is 1. The Morgan fingerprint density at radius 2 is 2.40 bits per heavy atom. The molecular weight excluding hydrogens is 204 g/mol. The Labute approximate surface area is 84.9 Å². The molecule has 0 aromatic carbocycles. The van der Waals surface area contributed by atoms with Gasteiger partial charge in [-0.2, -0.15) is 9.55 Å². The number of aliphatic carboxylic acids is 1. The van der Waals surface area contributed by atoms with Crippen LogP contribution in [0.3, 0.4) is 0 Å². The molecule has 0 bridgehead atoms. The molecule has 0 aliphatic rings. The van der Waals surface area contributed by atoms with E-state index in [1.54, 1.807) is 0 Å². The Kier molecular flexibility index (Phi) is 2.88. The van der Waals surface area contributed by atoms with E-state index < -0.39 is 10.9 Å². The fraction of sp³-hybridized carbons (Fsp3) is 0.429. The number of rotatable bonds is 4. The lowest BCUT2D eigenvalue weighted by atomic mass is 10.6. The molecule has 82 valence electrons. The van der Waals surface area contributed by atoms with E-state index in [2.05, 4.69) is 4.98 Å². The molecule has 8 nitrogen and oxygen atoms in total. The largest absolute Gasteiger partial charge is 0.480 e. The number of carbonyl (C=O) groups is 1. The Morgan fingerprint density at radius 1 is 1.80 bits per heavy atom. The highest BCUT2D eigenvalue weighted by Gasteiger charge is 2.20. The van der Waals surface area contributed by atoms with Gasteiger partial charge in [-0.05, 0) is 4.92 Å². The number of carboxylic acid groups (broad SMARTS) is 1. The first-order valence-corrected chi connectivity index (χ1v) is 4.02. The van der Waals surface area contributed by atoms with Crippen LogP contribution >= 0.6 is 0 Å². The lowest BCUT2D eigenvalue weighted by Gasteiger charge is -2.11. The number of hydrogen-bond acceptors (Lipinski definition) is 5. The summed E-state index contributed by atoms with van der Waals surface area (Å²) in [5, 5.41) is 19.0. The van der Waals surface area contributed by atoms with Crippen molar-refractivity contribution < 1.29 is 14.8 Å². The van der Waals surface area contributed by atoms with Crippen LogP contribution in [0.2, 0.25) is 0 Å². The third kappa shape index (κ3) is 2.22. The highest BCUT2D eigenvalue weighted by Crippen LogP contribution is 2.17. The van der Waals surface area contributed by atoms with E-state index in [-0.39, 0.29) is 18.3 Å². The van der Waals surface area contributed by atoms with Gasteiger partial charge in [0.05, 0.1) is 7.05 Å². The van der Waals surface area contributed by atoms with E-state index in [9.17, 15) is 14.9 Å². The minimum Gasteiger partial charge on any atom is -0.480 e. The number of imidazole rings is 1. The normalized spacial score (nSPS) is 10.0. The number of carboxylic acids is 1. The lowest BCUT2D eigenvalue weighted by molar-refractivity contribution is -0.391. The molecule has 1 aromatic rings. The van der Waals surface area contributed by atoms with E-state index >= 15 is 0 Å². The molecule has 0 unspecified atom stereocenters. The van der Waals surface area contributed by atoms with Crippen molar-refractivity contribution in [2.24, 2.45) is 7.05 Å². The van der Waals surface area contributed by atoms with Gasteiger partial charge in [0.25, 0.3) is 5.95 Å². The third-order valence-electron chi connectivity index (χ3n) is 1.84. The minimum absolute atomic E-state index is 0.178. The van der Waals surface area contributed by atoms with Gasteiger partial charge in [-0.3, -0.25) is 4.79 Å². The van der Waals surface area contributed by atoms with Crippen molar-refractivity contribution in [2.45, 2.75) is 0 Å². The molecule has 0 atom stereocenters. The van der Waals surface area contributed by atoms with Crippen molar-refractivity contribution in [1.82, 2.24) is 9.55 Å². The van der Waals surface area contributed by atoms with Crippen LogP contribution in [-0.4, -0.2) is 39.1 Å². The van der Waals surface area contributed by atoms with Crippen LogP contribution in [0.25, 0.3) is 0 Å². The van der Waals surface area contributed by atoms with Gasteiger partial charge in [0.15, 0.2) is 0 Å². The average Bonchev–Trinajstić information content (AvgIpc) is 2.45. The number of nitrogens with zero attached hydrogens (tertiary/aromatic N) is 4. The SMILES string of the molecule is CN(CC(=O)O)c1ncc([N+](=O)[O-])n1C. The van der Waals surface area contributed by atoms with Crippen LogP contribution in [0.5, 0.6) is 0 Å². The quantitative estimate of drug-likeness (QED) is 0.552. The first-order chi connectivity index (χ1) is 6.93. The first-order valence-electron chi connectivity index (χ1n) is 4.02. The Morgan fingerprint density at radius 3 is 2.80 bits per heavy atom. The number of hydrogen-bond donors (Lipinski definition) is 1. The molecule has 1 heterocycles. The highest BCUT2D eigenvalue weighted by molar-refractivity contribution is 5.72. The van der Waals surface area contributed by atoms with Crippen LogP contribution in [-0.2, 0) is 11.8 Å². The Bertz CT molecular complexity index is 400. The topological polar surface area (TPSA) is 102 Å². The van der Waals surface area contributed by atoms with Crippen LogP contribution in [0, 0.1) is 10.1 Å². The second kappa shape index (κ2) is 3.95. The van der Waals surface area contributed by atoms with E-state index in [0.29, 0.717) is 0 Å². The van der Waals surface area contributed by atoms with Gasteiger partial charge >= 0.3 is 11.8 Å². The molecule has 1 rings (SSSR count). The zero-order chi connectivity index (χ0) is 11.6. The maximum absolute atomic E-state index is 10.5. The summed E-state index contributed by atoms with van der Waals surface area (Å²) in [6.45, 7) is -0.262. The van der Waals surface area contributed by atoms with Crippen LogP contribution in [0.15, 0.2) is 6.20 Å². The number of likely N-dealkylation sites (N-methyl/N-ethyl adjacent to an activating group) is 1. The van der Waals surface area contributed by atoms with Crippen molar-refractivity contribution in [3.8, 4) is 0 Å². The van der Waals surface area contributed by atoms with Crippen molar-refractivity contribution in [3.63, 3.8) is 0 Å². The fourth-order valence-corrected chi connectivity index (χ4v) is 1.19. The van der Waals surface area contributed by atoms with Crippen molar-refractivity contribution in [1.29, 1.82) is 0 Å². The zero-order valence-corrected chi connectivity index (χ0v) is 8.25. The number of aromatic nitrogens is 2. The van der Waals surface area contributed by atoms with Gasteiger partial charge in [0, 0.05) is 7.05 Å². The summed E-state index contributed by atoms with van der Waals surface area (Å²) < 4.78 is 1.23. The molecule has 0 saturated carbocycles. The summed E-state index contributed by atoms with van der Waals surface area (Å²) in [5.74, 6) is -0.963. The monoisotopic (exact) mass is 214 g/mol. The summed E-state index contributed by atoms with van der Waals surface area (Å²) in [4.78, 5) is 25.4. The Balaban J connectivity index is 2.96. The average molecular weight is 214 g/mol. The maximum Gasteiger partial charge on any atom is 0.344 e. The summed E-state index contributed by atoms with van der Waals surface area (Å²) in [6.07, 6.45) is 1.09. The summed E-state index contributed by atoms with van der Waals surface area (Å²) in [7, 11) is 2.96. The lowest BCUT2D eigenvalue weighted by Crippen LogP contribution is -2.27. The second-order valence-corrected chi connectivity index (χ2v) is 2.98. The van der Waals surface area contributed by atoms with Gasteiger partial charge in [-0.15, -0.1) is 0 Å². The van der Waals surface area contributed by atoms with E-state index in [1.165, 1.54) is 23.6 Å². The first kappa shape index (κ1) is 11.0. The van der Waals surface area contributed by atoms with E-state index in [4.69, 9.17) is 5.11 Å². The molecule has 8 heteroatoms. The van der Waals surface area contributed by atoms with Gasteiger partial charge in [0.2, 0.25) is 0 Å². The Hall–Kier alpha value is -2.12. The summed E-state index contributed by atoms with van der Waals surface area (Å²) in [5.41, 5.74) is 0.